The van der Waals surface area contributed by atoms with Crippen LogP contribution < -0.4 is 5.14 Å². The quantitative estimate of drug-likeness (QED) is 0.722. The van der Waals surface area contributed by atoms with E-state index in [1.807, 2.05) is 6.07 Å². The summed E-state index contributed by atoms with van der Waals surface area (Å²) in [5.74, 6) is 0. The Morgan fingerprint density at radius 3 is 2.25 bits per heavy atom. The second-order valence-corrected chi connectivity index (χ2v) is 4.01. The van der Waals surface area contributed by atoms with E-state index < -0.39 is 9.92 Å². The van der Waals surface area contributed by atoms with Gasteiger partial charge in [-0.1, -0.05) is 18.2 Å². The van der Waals surface area contributed by atoms with E-state index in [-0.39, 0.29) is 12.4 Å². The third-order valence-corrected chi connectivity index (χ3v) is 2.53. The molecule has 12 heavy (non-hydrogen) atoms. The van der Waals surface area contributed by atoms with E-state index in [4.69, 9.17) is 9.92 Å². The summed E-state index contributed by atoms with van der Waals surface area (Å²) < 4.78 is 18.2. The van der Waals surface area contributed by atoms with Gasteiger partial charge in [-0.15, -0.1) is 12.4 Å². The highest BCUT2D eigenvalue weighted by atomic mass is 35.5. The molecular weight excluding hydrogens is 196 g/mol. The minimum absolute atomic E-state index is 0. The lowest BCUT2D eigenvalue weighted by molar-refractivity contribution is 0.675. The topological polar surface area (TPSA) is 66.9 Å². The first-order valence-corrected chi connectivity index (χ1v) is 4.76. The number of nitrogens with one attached hydrogen (secondary N) is 1. The molecule has 1 atom stereocenters. The van der Waals surface area contributed by atoms with Crippen LogP contribution in [0.1, 0.15) is 5.56 Å². The van der Waals surface area contributed by atoms with Crippen molar-refractivity contribution >= 4 is 22.3 Å². The molecule has 0 aliphatic rings. The maximum Gasteiger partial charge on any atom is 0.132 e. The van der Waals surface area contributed by atoms with Crippen molar-refractivity contribution in [3.63, 3.8) is 0 Å². The average Bonchev–Trinajstić information content (AvgIpc) is 1.86. The lowest BCUT2D eigenvalue weighted by Crippen LogP contribution is -2.11. The molecule has 1 rings (SSSR count). The third kappa shape index (κ3) is 2.48. The van der Waals surface area contributed by atoms with Gasteiger partial charge < -0.3 is 0 Å². The fourth-order valence-electron chi connectivity index (χ4n) is 0.897. The molecule has 3 N–H and O–H groups in total. The van der Waals surface area contributed by atoms with Crippen LogP contribution in [0.15, 0.2) is 29.2 Å². The van der Waals surface area contributed by atoms with E-state index in [9.17, 15) is 4.21 Å². The van der Waals surface area contributed by atoms with Gasteiger partial charge in [0.15, 0.2) is 0 Å². The van der Waals surface area contributed by atoms with Gasteiger partial charge in [-0.3, -0.25) is 0 Å². The Labute approximate surface area is 78.5 Å². The number of aryl methyl sites for hydroxylation is 1. The lowest BCUT2D eigenvalue weighted by Gasteiger charge is -2.03. The van der Waals surface area contributed by atoms with Crippen molar-refractivity contribution < 1.29 is 4.21 Å². The van der Waals surface area contributed by atoms with Crippen LogP contribution in [-0.4, -0.2) is 4.21 Å². The Morgan fingerprint density at radius 2 is 1.92 bits per heavy atom. The monoisotopic (exact) mass is 206 g/mol. The maximum atomic E-state index is 11.1. The third-order valence-electron chi connectivity index (χ3n) is 1.42. The Balaban J connectivity index is 0.00000121. The van der Waals surface area contributed by atoms with Crippen molar-refractivity contribution in [1.82, 2.24) is 0 Å². The van der Waals surface area contributed by atoms with E-state index in [1.54, 1.807) is 25.1 Å². The largest absolute Gasteiger partial charge is 0.241 e. The van der Waals surface area contributed by atoms with Crippen molar-refractivity contribution in [3.8, 4) is 0 Å². The molecule has 0 aromatic heterocycles. The fourth-order valence-corrected chi connectivity index (χ4v) is 1.72. The molecule has 0 bridgehead atoms. The first kappa shape index (κ1) is 11.4. The predicted octanol–water partition coefficient (Wildman–Crippen LogP) is 1.70. The number of halogens is 1. The van der Waals surface area contributed by atoms with Gasteiger partial charge in [0.1, 0.15) is 9.92 Å². The van der Waals surface area contributed by atoms with Gasteiger partial charge >= 0.3 is 0 Å². The van der Waals surface area contributed by atoms with Crippen LogP contribution >= 0.6 is 12.4 Å². The molecule has 0 aliphatic heterocycles. The smallest absolute Gasteiger partial charge is 0.132 e. The Kier molecular flexibility index (Phi) is 3.70. The van der Waals surface area contributed by atoms with Crippen LogP contribution in [0.25, 0.3) is 0 Å². The molecule has 5 heteroatoms. The van der Waals surface area contributed by atoms with E-state index in [0.717, 1.165) is 5.56 Å². The summed E-state index contributed by atoms with van der Waals surface area (Å²) in [5.41, 5.74) is 0.801. The summed E-state index contributed by atoms with van der Waals surface area (Å²) in [5, 5.41) is 5.15. The van der Waals surface area contributed by atoms with Gasteiger partial charge in [0.25, 0.3) is 0 Å². The zero-order valence-corrected chi connectivity index (χ0v) is 8.24. The Hall–Kier alpha value is -0.580. The number of hydrogen-bond donors (Lipinski definition) is 2. The Bertz CT molecular complexity index is 361. The summed E-state index contributed by atoms with van der Waals surface area (Å²) in [7, 11) is -3.03. The van der Waals surface area contributed by atoms with Crippen LogP contribution in [0.4, 0.5) is 0 Å². The van der Waals surface area contributed by atoms with Gasteiger partial charge in [0.05, 0.1) is 4.90 Å². The first-order valence-electron chi connectivity index (χ1n) is 3.14. The van der Waals surface area contributed by atoms with Crippen molar-refractivity contribution in [2.45, 2.75) is 11.8 Å². The molecule has 3 nitrogen and oxygen atoms in total. The number of benzene rings is 1. The lowest BCUT2D eigenvalue weighted by atomic mass is 10.2. The zero-order valence-electron chi connectivity index (χ0n) is 6.61. The van der Waals surface area contributed by atoms with Gasteiger partial charge in [0.2, 0.25) is 0 Å². The molecule has 1 aromatic carbocycles. The van der Waals surface area contributed by atoms with Crippen LogP contribution in [0.3, 0.4) is 0 Å². The highest BCUT2D eigenvalue weighted by Crippen LogP contribution is 2.11. The summed E-state index contributed by atoms with van der Waals surface area (Å²) >= 11 is 0. The molecule has 0 aliphatic carbocycles. The number of hydrogen-bond acceptors (Lipinski definition) is 2. The van der Waals surface area contributed by atoms with E-state index in [2.05, 4.69) is 0 Å². The van der Waals surface area contributed by atoms with E-state index >= 15 is 0 Å². The minimum atomic E-state index is -3.03. The second kappa shape index (κ2) is 3.89. The molecule has 0 amide bonds. The van der Waals surface area contributed by atoms with Gasteiger partial charge in [-0.2, -0.15) is 0 Å². The molecule has 0 heterocycles. The fraction of sp³-hybridized carbons (Fsp3) is 0.143. The molecule has 68 valence electrons. The highest BCUT2D eigenvalue weighted by Gasteiger charge is 2.04. The molecule has 0 saturated carbocycles. The first-order chi connectivity index (χ1) is 5.02. The summed E-state index contributed by atoms with van der Waals surface area (Å²) in [4.78, 5) is 0.417. The van der Waals surface area contributed by atoms with Crippen molar-refractivity contribution in [1.29, 1.82) is 4.78 Å². The zero-order chi connectivity index (χ0) is 8.48. The molecule has 1 unspecified atom stereocenters. The molecular formula is C7H11ClN2OS. The van der Waals surface area contributed by atoms with Crippen molar-refractivity contribution in [3.05, 3.63) is 29.8 Å². The van der Waals surface area contributed by atoms with Gasteiger partial charge in [-0.05, 0) is 18.6 Å². The van der Waals surface area contributed by atoms with Crippen LogP contribution in [0, 0.1) is 11.7 Å². The molecule has 0 saturated heterocycles. The Morgan fingerprint density at radius 1 is 1.42 bits per heavy atom. The summed E-state index contributed by atoms with van der Waals surface area (Å²) in [6.45, 7) is 1.79. The number of nitrogens with two attached hydrogens (primary N) is 1. The van der Waals surface area contributed by atoms with Crippen molar-refractivity contribution in [2.24, 2.45) is 5.14 Å². The predicted molar refractivity (Wildman–Crippen MR) is 51.7 cm³/mol. The van der Waals surface area contributed by atoms with Crippen LogP contribution in [-0.2, 0) is 9.92 Å². The summed E-state index contributed by atoms with van der Waals surface area (Å²) in [6, 6.07) is 6.95. The van der Waals surface area contributed by atoms with E-state index in [1.165, 1.54) is 0 Å². The normalized spacial score (nSPS) is 14.5. The minimum Gasteiger partial charge on any atom is -0.241 e. The average molecular weight is 207 g/mol. The van der Waals surface area contributed by atoms with E-state index in [0.29, 0.717) is 4.90 Å². The molecule has 0 radical (unpaired) electrons. The van der Waals surface area contributed by atoms with Gasteiger partial charge in [0, 0.05) is 0 Å². The standard InChI is InChI=1S/C7H10N2OS.ClH/c1-6-4-2-3-5-7(6)11(8,9)10;/h2-5H,1H3,(H3,8,9,10);1H. The van der Waals surface area contributed by atoms with Crippen LogP contribution in [0.2, 0.25) is 0 Å². The molecule has 0 spiro atoms. The molecule has 1 aromatic rings. The number of rotatable bonds is 1. The van der Waals surface area contributed by atoms with Crippen molar-refractivity contribution in [2.75, 3.05) is 0 Å². The molecule has 0 fully saturated rings. The highest BCUT2D eigenvalue weighted by molar-refractivity contribution is 7.90. The maximum absolute atomic E-state index is 11.1. The summed E-state index contributed by atoms with van der Waals surface area (Å²) in [6.07, 6.45) is 0. The van der Waals surface area contributed by atoms with Crippen LogP contribution in [0.5, 0.6) is 0 Å². The SMILES string of the molecule is Cc1ccccc1S(=N)(N)=O.Cl. The van der Waals surface area contributed by atoms with Gasteiger partial charge in [-0.25, -0.2) is 14.1 Å². The second-order valence-electron chi connectivity index (χ2n) is 2.37.